The number of fused-ring (bicyclic) bond motifs is 1. The average Bonchev–Trinajstić information content (AvgIpc) is 3.24. The molecule has 0 saturated heterocycles. The second-order valence-electron chi connectivity index (χ2n) is 5.30. The number of nitrogens with zero attached hydrogens (tertiary/aromatic N) is 2. The SMILES string of the molecule is Cc1ccc(-c2nnc(C(=O)Nc3ccc4c(c3)OCO4)o2)cc1. The molecule has 0 unspecified atom stereocenters. The Balaban J connectivity index is 1.52. The molecule has 0 atom stereocenters. The van der Waals surface area contributed by atoms with Gasteiger partial charge < -0.3 is 19.2 Å². The molecule has 1 amide bonds. The molecule has 4 rings (SSSR count). The Morgan fingerprint density at radius 1 is 1.04 bits per heavy atom. The third-order valence-electron chi connectivity index (χ3n) is 3.55. The zero-order valence-electron chi connectivity index (χ0n) is 12.8. The van der Waals surface area contributed by atoms with E-state index < -0.39 is 5.91 Å². The molecule has 0 spiro atoms. The van der Waals surface area contributed by atoms with Crippen molar-refractivity contribution in [2.45, 2.75) is 6.92 Å². The van der Waals surface area contributed by atoms with E-state index in [1.54, 1.807) is 18.2 Å². The Morgan fingerprint density at radius 2 is 1.83 bits per heavy atom. The van der Waals surface area contributed by atoms with Crippen LogP contribution < -0.4 is 14.8 Å². The summed E-state index contributed by atoms with van der Waals surface area (Å²) >= 11 is 0. The molecule has 1 aromatic heterocycles. The molecular formula is C17H13N3O4. The summed E-state index contributed by atoms with van der Waals surface area (Å²) in [4.78, 5) is 12.2. The summed E-state index contributed by atoms with van der Waals surface area (Å²) in [7, 11) is 0. The van der Waals surface area contributed by atoms with E-state index >= 15 is 0 Å². The van der Waals surface area contributed by atoms with E-state index in [-0.39, 0.29) is 12.7 Å². The van der Waals surface area contributed by atoms with Crippen molar-refractivity contribution in [2.75, 3.05) is 12.1 Å². The van der Waals surface area contributed by atoms with Crippen molar-refractivity contribution >= 4 is 11.6 Å². The molecule has 24 heavy (non-hydrogen) atoms. The van der Waals surface area contributed by atoms with Crippen LogP contribution >= 0.6 is 0 Å². The number of amides is 1. The number of carbonyl (C=O) groups excluding carboxylic acids is 1. The fourth-order valence-corrected chi connectivity index (χ4v) is 2.29. The van der Waals surface area contributed by atoms with E-state index in [4.69, 9.17) is 13.9 Å². The van der Waals surface area contributed by atoms with E-state index in [2.05, 4.69) is 15.5 Å². The minimum Gasteiger partial charge on any atom is -0.454 e. The Kier molecular flexibility index (Phi) is 3.38. The van der Waals surface area contributed by atoms with Crippen molar-refractivity contribution in [3.63, 3.8) is 0 Å². The Labute approximate surface area is 137 Å². The third-order valence-corrected chi connectivity index (χ3v) is 3.55. The number of aryl methyl sites for hydroxylation is 1. The number of hydrogen-bond acceptors (Lipinski definition) is 6. The minimum absolute atomic E-state index is 0.108. The summed E-state index contributed by atoms with van der Waals surface area (Å²) in [6.45, 7) is 2.16. The highest BCUT2D eigenvalue weighted by atomic mass is 16.7. The van der Waals surface area contributed by atoms with E-state index in [0.29, 0.717) is 23.1 Å². The molecule has 3 aromatic rings. The predicted octanol–water partition coefficient (Wildman–Crippen LogP) is 3.03. The molecule has 0 radical (unpaired) electrons. The van der Waals surface area contributed by atoms with Crippen LogP contribution in [0.5, 0.6) is 11.5 Å². The lowest BCUT2D eigenvalue weighted by atomic mass is 10.1. The van der Waals surface area contributed by atoms with Crippen LogP contribution in [-0.2, 0) is 0 Å². The number of aromatic nitrogens is 2. The second-order valence-corrected chi connectivity index (χ2v) is 5.30. The topological polar surface area (TPSA) is 86.5 Å². The largest absolute Gasteiger partial charge is 0.454 e. The van der Waals surface area contributed by atoms with Gasteiger partial charge >= 0.3 is 11.8 Å². The van der Waals surface area contributed by atoms with Crippen LogP contribution in [-0.4, -0.2) is 22.9 Å². The normalized spacial score (nSPS) is 12.2. The van der Waals surface area contributed by atoms with Crippen LogP contribution in [0.3, 0.4) is 0 Å². The van der Waals surface area contributed by atoms with E-state index in [1.807, 2.05) is 31.2 Å². The molecule has 2 aromatic carbocycles. The van der Waals surface area contributed by atoms with Crippen LogP contribution in [0.4, 0.5) is 5.69 Å². The van der Waals surface area contributed by atoms with Crippen molar-refractivity contribution in [2.24, 2.45) is 0 Å². The molecule has 0 saturated carbocycles. The molecule has 1 aliphatic heterocycles. The quantitative estimate of drug-likeness (QED) is 0.797. The molecule has 1 aliphatic rings. The van der Waals surface area contributed by atoms with Crippen molar-refractivity contribution in [1.29, 1.82) is 0 Å². The van der Waals surface area contributed by atoms with Crippen LogP contribution in [0.2, 0.25) is 0 Å². The molecule has 1 N–H and O–H groups in total. The maximum absolute atomic E-state index is 12.2. The first-order valence-corrected chi connectivity index (χ1v) is 7.30. The van der Waals surface area contributed by atoms with Gasteiger partial charge in [-0.15, -0.1) is 10.2 Å². The summed E-state index contributed by atoms with van der Waals surface area (Å²) in [5, 5.41) is 10.4. The smallest absolute Gasteiger partial charge is 0.313 e. The van der Waals surface area contributed by atoms with Gasteiger partial charge in [-0.05, 0) is 31.2 Å². The van der Waals surface area contributed by atoms with Crippen molar-refractivity contribution in [3.8, 4) is 23.0 Å². The van der Waals surface area contributed by atoms with E-state index in [1.165, 1.54) is 0 Å². The minimum atomic E-state index is -0.486. The van der Waals surface area contributed by atoms with Gasteiger partial charge in [0, 0.05) is 17.3 Å². The molecule has 0 aliphatic carbocycles. The van der Waals surface area contributed by atoms with Crippen molar-refractivity contribution < 1.29 is 18.7 Å². The lowest BCUT2D eigenvalue weighted by Crippen LogP contribution is -2.12. The van der Waals surface area contributed by atoms with Crippen molar-refractivity contribution in [1.82, 2.24) is 10.2 Å². The number of ether oxygens (including phenoxy) is 2. The number of nitrogens with one attached hydrogen (secondary N) is 1. The van der Waals surface area contributed by atoms with Crippen LogP contribution in [0.15, 0.2) is 46.9 Å². The number of benzene rings is 2. The number of hydrogen-bond donors (Lipinski definition) is 1. The second kappa shape index (κ2) is 5.69. The molecule has 2 heterocycles. The maximum atomic E-state index is 12.2. The highest BCUT2D eigenvalue weighted by molar-refractivity contribution is 6.01. The van der Waals surface area contributed by atoms with Gasteiger partial charge in [-0.1, -0.05) is 17.7 Å². The maximum Gasteiger partial charge on any atom is 0.313 e. The van der Waals surface area contributed by atoms with Crippen LogP contribution in [0.1, 0.15) is 16.2 Å². The monoisotopic (exact) mass is 323 g/mol. The third kappa shape index (κ3) is 2.67. The summed E-state index contributed by atoms with van der Waals surface area (Å²) in [5.74, 6) is 0.930. The number of anilines is 1. The van der Waals surface area contributed by atoms with Gasteiger partial charge in [0.2, 0.25) is 12.7 Å². The average molecular weight is 323 g/mol. The lowest BCUT2D eigenvalue weighted by Gasteiger charge is -2.03. The Hall–Kier alpha value is -3.35. The zero-order chi connectivity index (χ0) is 16.5. The molecular weight excluding hydrogens is 310 g/mol. The number of carbonyl (C=O) groups is 1. The molecule has 0 fully saturated rings. The fraction of sp³-hybridized carbons (Fsp3) is 0.118. The van der Waals surface area contributed by atoms with Crippen LogP contribution in [0, 0.1) is 6.92 Å². The van der Waals surface area contributed by atoms with Gasteiger partial charge in [-0.3, -0.25) is 4.79 Å². The fourth-order valence-electron chi connectivity index (χ4n) is 2.29. The lowest BCUT2D eigenvalue weighted by molar-refractivity contribution is 0.0991. The highest BCUT2D eigenvalue weighted by Crippen LogP contribution is 2.34. The zero-order valence-corrected chi connectivity index (χ0v) is 12.8. The summed E-state index contributed by atoms with van der Waals surface area (Å²) < 4.78 is 15.9. The van der Waals surface area contributed by atoms with Crippen molar-refractivity contribution in [3.05, 3.63) is 53.9 Å². The van der Waals surface area contributed by atoms with Gasteiger partial charge in [-0.25, -0.2) is 0 Å². The molecule has 0 bridgehead atoms. The molecule has 120 valence electrons. The standard InChI is InChI=1S/C17H13N3O4/c1-10-2-4-11(5-3-10)16-19-20-17(24-16)15(21)18-12-6-7-13-14(8-12)23-9-22-13/h2-8H,9H2,1H3,(H,18,21). The van der Waals surface area contributed by atoms with Gasteiger partial charge in [0.05, 0.1) is 0 Å². The van der Waals surface area contributed by atoms with Gasteiger partial charge in [0.15, 0.2) is 11.5 Å². The Bertz CT molecular complexity index is 902. The molecule has 7 nitrogen and oxygen atoms in total. The Morgan fingerprint density at radius 3 is 2.67 bits per heavy atom. The van der Waals surface area contributed by atoms with E-state index in [9.17, 15) is 4.79 Å². The first kappa shape index (κ1) is 14.3. The first-order valence-electron chi connectivity index (χ1n) is 7.30. The highest BCUT2D eigenvalue weighted by Gasteiger charge is 2.18. The first-order chi connectivity index (χ1) is 11.7. The number of rotatable bonds is 3. The van der Waals surface area contributed by atoms with Gasteiger partial charge in [-0.2, -0.15) is 0 Å². The summed E-state index contributed by atoms with van der Waals surface area (Å²) in [5.41, 5.74) is 2.44. The summed E-state index contributed by atoms with van der Waals surface area (Å²) in [6.07, 6.45) is 0. The van der Waals surface area contributed by atoms with Crippen LogP contribution in [0.25, 0.3) is 11.5 Å². The molecule has 7 heteroatoms. The van der Waals surface area contributed by atoms with Gasteiger partial charge in [0.25, 0.3) is 0 Å². The van der Waals surface area contributed by atoms with Gasteiger partial charge in [0.1, 0.15) is 0 Å². The van der Waals surface area contributed by atoms with E-state index in [0.717, 1.165) is 11.1 Å². The predicted molar refractivity (Wildman–Crippen MR) is 85.0 cm³/mol. The summed E-state index contributed by atoms with van der Waals surface area (Å²) in [6, 6.07) is 12.7.